The Morgan fingerprint density at radius 3 is 3.07 bits per heavy atom. The topological polar surface area (TPSA) is 12.9 Å². The van der Waals surface area contributed by atoms with Crippen LogP contribution >= 0.6 is 15.9 Å². The molecule has 0 atom stereocenters. The highest BCUT2D eigenvalue weighted by atomic mass is 79.9. The first kappa shape index (κ1) is 9.41. The molecular formula is C12H10BrN. The SMILES string of the molecule is C=CCc1cc(Br)c2ncccc2c1. The number of hydrogen-bond donors (Lipinski definition) is 0. The van der Waals surface area contributed by atoms with Crippen LogP contribution in [0.1, 0.15) is 5.56 Å². The Balaban J connectivity index is 2.65. The molecule has 0 saturated heterocycles. The van der Waals surface area contributed by atoms with Gasteiger partial charge < -0.3 is 0 Å². The van der Waals surface area contributed by atoms with Gasteiger partial charge in [0.25, 0.3) is 0 Å². The molecule has 1 heterocycles. The molecule has 70 valence electrons. The second-order valence-corrected chi connectivity index (χ2v) is 4.00. The van der Waals surface area contributed by atoms with Crippen LogP contribution in [0.15, 0.2) is 47.6 Å². The van der Waals surface area contributed by atoms with Crippen molar-refractivity contribution in [3.05, 3.63) is 53.2 Å². The van der Waals surface area contributed by atoms with E-state index in [1.54, 1.807) is 6.20 Å². The van der Waals surface area contributed by atoms with Crippen molar-refractivity contribution in [3.63, 3.8) is 0 Å². The third-order valence-electron chi connectivity index (χ3n) is 2.10. The highest BCUT2D eigenvalue weighted by molar-refractivity contribution is 9.10. The fourth-order valence-corrected chi connectivity index (χ4v) is 2.12. The van der Waals surface area contributed by atoms with Crippen molar-refractivity contribution in [1.29, 1.82) is 0 Å². The first-order valence-electron chi connectivity index (χ1n) is 4.45. The minimum atomic E-state index is 0.892. The lowest BCUT2D eigenvalue weighted by Gasteiger charge is -2.02. The van der Waals surface area contributed by atoms with Crippen LogP contribution in [0.25, 0.3) is 10.9 Å². The molecule has 0 amide bonds. The number of rotatable bonds is 2. The Hall–Kier alpha value is -1.15. The normalized spacial score (nSPS) is 10.4. The molecular weight excluding hydrogens is 238 g/mol. The van der Waals surface area contributed by atoms with Gasteiger partial charge in [-0.15, -0.1) is 6.58 Å². The number of aromatic nitrogens is 1. The molecule has 1 aromatic carbocycles. The molecule has 0 spiro atoms. The van der Waals surface area contributed by atoms with E-state index in [9.17, 15) is 0 Å². The summed E-state index contributed by atoms with van der Waals surface area (Å²) in [5, 5.41) is 1.17. The van der Waals surface area contributed by atoms with E-state index in [1.807, 2.05) is 12.1 Å². The van der Waals surface area contributed by atoms with E-state index >= 15 is 0 Å². The number of nitrogens with zero attached hydrogens (tertiary/aromatic N) is 1. The minimum Gasteiger partial charge on any atom is -0.255 e. The standard InChI is InChI=1S/C12H10BrN/c1-2-4-9-7-10-5-3-6-14-12(10)11(13)8-9/h2-3,5-8H,1,4H2. The molecule has 14 heavy (non-hydrogen) atoms. The average molecular weight is 248 g/mol. The predicted octanol–water partition coefficient (Wildman–Crippen LogP) is 3.73. The number of allylic oxidation sites excluding steroid dienone is 1. The number of pyridine rings is 1. The molecule has 0 aliphatic rings. The highest BCUT2D eigenvalue weighted by Crippen LogP contribution is 2.24. The van der Waals surface area contributed by atoms with Crippen molar-refractivity contribution in [3.8, 4) is 0 Å². The monoisotopic (exact) mass is 247 g/mol. The fourth-order valence-electron chi connectivity index (χ4n) is 1.49. The van der Waals surface area contributed by atoms with Gasteiger partial charge in [-0.3, -0.25) is 4.98 Å². The van der Waals surface area contributed by atoms with E-state index in [0.29, 0.717) is 0 Å². The van der Waals surface area contributed by atoms with Crippen LogP contribution in [0.4, 0.5) is 0 Å². The Morgan fingerprint density at radius 2 is 2.29 bits per heavy atom. The van der Waals surface area contributed by atoms with Crippen molar-refractivity contribution in [2.75, 3.05) is 0 Å². The lowest BCUT2D eigenvalue weighted by atomic mass is 10.1. The summed E-state index contributed by atoms with van der Waals surface area (Å²) < 4.78 is 1.05. The van der Waals surface area contributed by atoms with E-state index in [4.69, 9.17) is 0 Å². The predicted molar refractivity (Wildman–Crippen MR) is 63.3 cm³/mol. The molecule has 2 heteroatoms. The third-order valence-corrected chi connectivity index (χ3v) is 2.70. The van der Waals surface area contributed by atoms with E-state index < -0.39 is 0 Å². The molecule has 2 rings (SSSR count). The lowest BCUT2D eigenvalue weighted by Crippen LogP contribution is -1.85. The average Bonchev–Trinajstić information content (AvgIpc) is 2.18. The molecule has 2 aromatic rings. The molecule has 0 aliphatic carbocycles. The largest absolute Gasteiger partial charge is 0.255 e. The van der Waals surface area contributed by atoms with E-state index in [1.165, 1.54) is 10.9 Å². The number of halogens is 1. The summed E-state index contributed by atoms with van der Waals surface area (Å²) in [7, 11) is 0. The Kier molecular flexibility index (Phi) is 2.64. The first-order chi connectivity index (χ1) is 6.81. The van der Waals surface area contributed by atoms with Gasteiger partial charge in [-0.1, -0.05) is 12.1 Å². The maximum Gasteiger partial charge on any atom is 0.0844 e. The molecule has 0 radical (unpaired) electrons. The Bertz CT molecular complexity index is 477. The van der Waals surface area contributed by atoms with Crippen molar-refractivity contribution in [2.45, 2.75) is 6.42 Å². The van der Waals surface area contributed by atoms with Crippen LogP contribution in [0.3, 0.4) is 0 Å². The summed E-state index contributed by atoms with van der Waals surface area (Å²) in [6, 6.07) is 8.26. The van der Waals surface area contributed by atoms with Gasteiger partial charge in [-0.25, -0.2) is 0 Å². The van der Waals surface area contributed by atoms with Crippen molar-refractivity contribution in [2.24, 2.45) is 0 Å². The van der Waals surface area contributed by atoms with Crippen LogP contribution in [-0.2, 0) is 6.42 Å². The molecule has 0 bridgehead atoms. The van der Waals surface area contributed by atoms with Crippen LogP contribution in [0.5, 0.6) is 0 Å². The number of fused-ring (bicyclic) bond motifs is 1. The maximum absolute atomic E-state index is 4.31. The van der Waals surface area contributed by atoms with Gasteiger partial charge in [-0.05, 0) is 46.1 Å². The summed E-state index contributed by atoms with van der Waals surface area (Å²) in [6.07, 6.45) is 4.60. The van der Waals surface area contributed by atoms with Gasteiger partial charge in [0, 0.05) is 16.1 Å². The Morgan fingerprint density at radius 1 is 1.43 bits per heavy atom. The zero-order chi connectivity index (χ0) is 9.97. The van der Waals surface area contributed by atoms with Gasteiger partial charge in [0.2, 0.25) is 0 Å². The number of benzene rings is 1. The molecule has 0 fully saturated rings. The van der Waals surface area contributed by atoms with E-state index in [-0.39, 0.29) is 0 Å². The molecule has 0 N–H and O–H groups in total. The summed E-state index contributed by atoms with van der Waals surface area (Å²) in [4.78, 5) is 4.31. The second-order valence-electron chi connectivity index (χ2n) is 3.15. The number of hydrogen-bond acceptors (Lipinski definition) is 1. The molecule has 0 unspecified atom stereocenters. The first-order valence-corrected chi connectivity index (χ1v) is 5.24. The van der Waals surface area contributed by atoms with Crippen LogP contribution in [-0.4, -0.2) is 4.98 Å². The smallest absolute Gasteiger partial charge is 0.0844 e. The lowest BCUT2D eigenvalue weighted by molar-refractivity contribution is 1.27. The van der Waals surface area contributed by atoms with Crippen LogP contribution in [0, 0.1) is 0 Å². The Labute approximate surface area is 91.6 Å². The van der Waals surface area contributed by atoms with Crippen LogP contribution < -0.4 is 0 Å². The highest BCUT2D eigenvalue weighted by Gasteiger charge is 2.01. The quantitative estimate of drug-likeness (QED) is 0.738. The maximum atomic E-state index is 4.31. The molecule has 0 aliphatic heterocycles. The molecule has 0 saturated carbocycles. The second kappa shape index (κ2) is 3.93. The molecule has 1 aromatic heterocycles. The third kappa shape index (κ3) is 1.70. The summed E-state index contributed by atoms with van der Waals surface area (Å²) in [5.41, 5.74) is 2.27. The van der Waals surface area contributed by atoms with E-state index in [0.717, 1.165) is 16.4 Å². The van der Waals surface area contributed by atoms with Gasteiger partial charge in [0.15, 0.2) is 0 Å². The molecule has 1 nitrogen and oxygen atoms in total. The summed E-state index contributed by atoms with van der Waals surface area (Å²) >= 11 is 3.52. The zero-order valence-corrected chi connectivity index (χ0v) is 9.29. The van der Waals surface area contributed by atoms with Crippen molar-refractivity contribution >= 4 is 26.8 Å². The van der Waals surface area contributed by atoms with Gasteiger partial charge in [-0.2, -0.15) is 0 Å². The summed E-state index contributed by atoms with van der Waals surface area (Å²) in [5.74, 6) is 0. The van der Waals surface area contributed by atoms with Crippen LogP contribution in [0.2, 0.25) is 0 Å². The van der Waals surface area contributed by atoms with E-state index in [2.05, 4.69) is 45.7 Å². The van der Waals surface area contributed by atoms with Gasteiger partial charge >= 0.3 is 0 Å². The van der Waals surface area contributed by atoms with Crippen molar-refractivity contribution in [1.82, 2.24) is 4.98 Å². The van der Waals surface area contributed by atoms with Crippen molar-refractivity contribution < 1.29 is 0 Å². The zero-order valence-electron chi connectivity index (χ0n) is 7.70. The minimum absolute atomic E-state index is 0.892. The van der Waals surface area contributed by atoms with Gasteiger partial charge in [0.1, 0.15) is 0 Å². The fraction of sp³-hybridized carbons (Fsp3) is 0.0833. The summed E-state index contributed by atoms with van der Waals surface area (Å²) in [6.45, 7) is 3.73. The van der Waals surface area contributed by atoms with Gasteiger partial charge in [0.05, 0.1) is 5.52 Å².